The van der Waals surface area contributed by atoms with Crippen LogP contribution in [-0.2, 0) is 11.3 Å². The Balaban J connectivity index is 1.24. The second-order valence-corrected chi connectivity index (χ2v) is 8.28. The van der Waals surface area contributed by atoms with Crippen molar-refractivity contribution in [1.29, 1.82) is 0 Å². The number of carbonyl (C=O) groups excluding carboxylic acids is 1. The van der Waals surface area contributed by atoms with Gasteiger partial charge in [0.1, 0.15) is 0 Å². The first-order chi connectivity index (χ1) is 13.2. The van der Waals surface area contributed by atoms with E-state index in [-0.39, 0.29) is 5.41 Å². The number of rotatable bonds is 5. The minimum absolute atomic E-state index is 0.195. The molecule has 2 saturated heterocycles. The summed E-state index contributed by atoms with van der Waals surface area (Å²) in [5, 5.41) is 8.33. The molecule has 142 valence electrons. The third-order valence-corrected chi connectivity index (χ3v) is 6.17. The highest BCUT2D eigenvalue weighted by molar-refractivity contribution is 5.84. The van der Waals surface area contributed by atoms with Gasteiger partial charge in [0.15, 0.2) is 0 Å². The number of carbonyl (C=O) groups is 1. The molecule has 0 aromatic carbocycles. The molecule has 0 N–H and O–H groups in total. The van der Waals surface area contributed by atoms with Gasteiger partial charge in [0, 0.05) is 32.0 Å². The van der Waals surface area contributed by atoms with Crippen molar-refractivity contribution < 1.29 is 9.21 Å². The maximum atomic E-state index is 13.1. The molecule has 1 aliphatic carbocycles. The van der Waals surface area contributed by atoms with Crippen molar-refractivity contribution in [2.75, 3.05) is 26.2 Å². The molecule has 0 bridgehead atoms. The minimum Gasteiger partial charge on any atom is -0.419 e. The van der Waals surface area contributed by atoms with E-state index in [9.17, 15) is 4.79 Å². The van der Waals surface area contributed by atoms with Crippen molar-refractivity contribution in [2.24, 2.45) is 11.3 Å². The summed E-state index contributed by atoms with van der Waals surface area (Å²) in [5.74, 6) is 2.23. The molecule has 27 heavy (non-hydrogen) atoms. The quantitative estimate of drug-likeness (QED) is 0.808. The molecule has 2 aliphatic heterocycles. The zero-order valence-corrected chi connectivity index (χ0v) is 15.5. The molecule has 1 saturated carbocycles. The van der Waals surface area contributed by atoms with Crippen LogP contribution in [0.4, 0.5) is 0 Å². The maximum Gasteiger partial charge on any atom is 0.249 e. The summed E-state index contributed by atoms with van der Waals surface area (Å²) in [6.07, 6.45) is 9.09. The van der Waals surface area contributed by atoms with Gasteiger partial charge in [0.25, 0.3) is 0 Å². The number of piperidine rings is 1. The highest BCUT2D eigenvalue weighted by Gasteiger charge is 2.49. The minimum atomic E-state index is -0.195. The van der Waals surface area contributed by atoms with E-state index in [2.05, 4.69) is 25.0 Å². The molecule has 5 rings (SSSR count). The Labute approximate surface area is 158 Å². The molecular formula is C20H25N5O2. The molecule has 2 aromatic heterocycles. The molecule has 3 aliphatic rings. The third kappa shape index (κ3) is 3.36. The second-order valence-electron chi connectivity index (χ2n) is 8.28. The number of pyridine rings is 1. The molecule has 1 spiro atoms. The first kappa shape index (κ1) is 16.9. The SMILES string of the molecule is O=C1N(CC2CC2)CCCC12CCN(Cc1nnc(-c3cccnc3)o1)C2. The van der Waals surface area contributed by atoms with Crippen LogP contribution >= 0.6 is 0 Å². The fourth-order valence-corrected chi connectivity index (χ4v) is 4.53. The third-order valence-electron chi connectivity index (χ3n) is 6.17. The van der Waals surface area contributed by atoms with Crippen molar-refractivity contribution in [3.05, 3.63) is 30.4 Å². The number of hydrogen-bond donors (Lipinski definition) is 0. The van der Waals surface area contributed by atoms with Crippen molar-refractivity contribution in [2.45, 2.75) is 38.6 Å². The lowest BCUT2D eigenvalue weighted by Gasteiger charge is -2.39. The van der Waals surface area contributed by atoms with Crippen LogP contribution in [0.5, 0.6) is 0 Å². The van der Waals surface area contributed by atoms with Gasteiger partial charge >= 0.3 is 0 Å². The zero-order valence-electron chi connectivity index (χ0n) is 15.5. The molecular weight excluding hydrogens is 342 g/mol. The summed E-state index contributed by atoms with van der Waals surface area (Å²) in [6, 6.07) is 3.76. The van der Waals surface area contributed by atoms with Gasteiger partial charge in [-0.2, -0.15) is 0 Å². The Morgan fingerprint density at radius 3 is 2.96 bits per heavy atom. The van der Waals surface area contributed by atoms with E-state index >= 15 is 0 Å². The highest BCUT2D eigenvalue weighted by atomic mass is 16.4. The van der Waals surface area contributed by atoms with E-state index in [0.717, 1.165) is 56.9 Å². The molecule has 7 nitrogen and oxygen atoms in total. The van der Waals surface area contributed by atoms with Crippen molar-refractivity contribution in [3.63, 3.8) is 0 Å². The number of nitrogens with zero attached hydrogens (tertiary/aromatic N) is 5. The van der Waals surface area contributed by atoms with E-state index in [4.69, 9.17) is 4.42 Å². The highest BCUT2D eigenvalue weighted by Crippen LogP contribution is 2.42. The number of likely N-dealkylation sites (tertiary alicyclic amines) is 2. The smallest absolute Gasteiger partial charge is 0.249 e. The van der Waals surface area contributed by atoms with Crippen molar-refractivity contribution in [1.82, 2.24) is 25.0 Å². The summed E-state index contributed by atoms with van der Waals surface area (Å²) < 4.78 is 5.82. The van der Waals surface area contributed by atoms with Gasteiger partial charge in [-0.3, -0.25) is 14.7 Å². The van der Waals surface area contributed by atoms with Crippen molar-refractivity contribution >= 4 is 5.91 Å². The Hall–Kier alpha value is -2.28. The maximum absolute atomic E-state index is 13.1. The van der Waals surface area contributed by atoms with Crippen LogP contribution in [0.1, 0.15) is 38.0 Å². The number of amides is 1. The molecule has 7 heteroatoms. The first-order valence-electron chi connectivity index (χ1n) is 9.96. The van der Waals surface area contributed by atoms with E-state index in [1.807, 2.05) is 12.1 Å². The average molecular weight is 367 g/mol. The normalized spacial score (nSPS) is 26.2. The lowest BCUT2D eigenvalue weighted by molar-refractivity contribution is -0.146. The zero-order chi connectivity index (χ0) is 18.3. The van der Waals surface area contributed by atoms with Gasteiger partial charge in [-0.1, -0.05) is 0 Å². The summed E-state index contributed by atoms with van der Waals surface area (Å²) in [4.78, 5) is 21.7. The Morgan fingerprint density at radius 1 is 1.22 bits per heavy atom. The van der Waals surface area contributed by atoms with Gasteiger partial charge in [-0.15, -0.1) is 10.2 Å². The Kier molecular flexibility index (Phi) is 4.19. The predicted molar refractivity (Wildman–Crippen MR) is 98.4 cm³/mol. The van der Waals surface area contributed by atoms with E-state index in [0.29, 0.717) is 24.2 Å². The Morgan fingerprint density at radius 2 is 2.15 bits per heavy atom. The van der Waals surface area contributed by atoms with E-state index in [1.54, 1.807) is 12.4 Å². The fourth-order valence-electron chi connectivity index (χ4n) is 4.53. The van der Waals surface area contributed by atoms with Crippen LogP contribution in [0.25, 0.3) is 11.5 Å². The molecule has 1 atom stereocenters. The first-order valence-corrected chi connectivity index (χ1v) is 9.96. The van der Waals surface area contributed by atoms with Gasteiger partial charge in [0.05, 0.1) is 17.5 Å². The van der Waals surface area contributed by atoms with Gasteiger partial charge in [0.2, 0.25) is 17.7 Å². The van der Waals surface area contributed by atoms with Crippen LogP contribution in [-0.4, -0.2) is 57.1 Å². The topological polar surface area (TPSA) is 75.4 Å². The van der Waals surface area contributed by atoms with Crippen molar-refractivity contribution in [3.8, 4) is 11.5 Å². The van der Waals surface area contributed by atoms with Crippen LogP contribution < -0.4 is 0 Å². The predicted octanol–water partition coefficient (Wildman–Crippen LogP) is 2.36. The molecule has 2 aromatic rings. The van der Waals surface area contributed by atoms with Crippen LogP contribution in [0.3, 0.4) is 0 Å². The van der Waals surface area contributed by atoms with Crippen LogP contribution in [0, 0.1) is 11.3 Å². The molecule has 1 unspecified atom stereocenters. The van der Waals surface area contributed by atoms with Gasteiger partial charge < -0.3 is 9.32 Å². The number of hydrogen-bond acceptors (Lipinski definition) is 6. The summed E-state index contributed by atoms with van der Waals surface area (Å²) in [6.45, 7) is 4.23. The van der Waals surface area contributed by atoms with E-state index in [1.165, 1.54) is 12.8 Å². The molecule has 3 fully saturated rings. The Bertz CT molecular complexity index is 819. The van der Waals surface area contributed by atoms with Crippen LogP contribution in [0.2, 0.25) is 0 Å². The molecule has 4 heterocycles. The summed E-state index contributed by atoms with van der Waals surface area (Å²) >= 11 is 0. The summed E-state index contributed by atoms with van der Waals surface area (Å²) in [5.41, 5.74) is 0.631. The monoisotopic (exact) mass is 367 g/mol. The lowest BCUT2D eigenvalue weighted by atomic mass is 9.78. The van der Waals surface area contributed by atoms with Crippen LogP contribution in [0.15, 0.2) is 28.9 Å². The second kappa shape index (κ2) is 6.71. The fraction of sp³-hybridized carbons (Fsp3) is 0.600. The summed E-state index contributed by atoms with van der Waals surface area (Å²) in [7, 11) is 0. The largest absolute Gasteiger partial charge is 0.419 e. The molecule has 0 radical (unpaired) electrons. The lowest BCUT2D eigenvalue weighted by Crippen LogP contribution is -2.50. The van der Waals surface area contributed by atoms with Gasteiger partial charge in [-0.05, 0) is 56.7 Å². The van der Waals surface area contributed by atoms with E-state index < -0.39 is 0 Å². The van der Waals surface area contributed by atoms with Gasteiger partial charge in [-0.25, -0.2) is 0 Å². The average Bonchev–Trinajstić information content (AvgIpc) is 3.23. The standard InChI is InChI=1S/C20H25N5O2/c26-19-20(6-2-9-25(19)12-15-4-5-15)7-10-24(14-20)13-17-22-23-18(27-17)16-3-1-8-21-11-16/h1,3,8,11,15H,2,4-7,9-10,12-14H2. The number of aromatic nitrogens is 3. The molecule has 1 amide bonds.